The highest BCUT2D eigenvalue weighted by Crippen LogP contribution is 2.32. The van der Waals surface area contributed by atoms with Crippen LogP contribution in [0.5, 0.6) is 0 Å². The van der Waals surface area contributed by atoms with Gasteiger partial charge < -0.3 is 10.2 Å². The van der Waals surface area contributed by atoms with Crippen LogP contribution in [-0.4, -0.2) is 24.0 Å². The number of aryl methyl sites for hydroxylation is 1. The average Bonchev–Trinajstić information content (AvgIpc) is 2.43. The van der Waals surface area contributed by atoms with E-state index in [2.05, 4.69) is 51.2 Å². The molecule has 2 amide bonds. The van der Waals surface area contributed by atoms with Crippen molar-refractivity contribution in [2.45, 2.75) is 46.6 Å². The third-order valence-corrected chi connectivity index (χ3v) is 3.96. The summed E-state index contributed by atoms with van der Waals surface area (Å²) in [6.07, 6.45) is 1.92. The molecule has 3 nitrogen and oxygen atoms in total. The number of amides is 2. The number of nitrogens with one attached hydrogen (secondary N) is 1. The minimum absolute atomic E-state index is 0.0803. The summed E-state index contributed by atoms with van der Waals surface area (Å²) in [5, 5.41) is 3.05. The van der Waals surface area contributed by atoms with E-state index in [1.165, 1.54) is 16.7 Å². The zero-order valence-electron chi connectivity index (χ0n) is 13.1. The quantitative estimate of drug-likeness (QED) is 0.896. The maximum atomic E-state index is 12.4. The van der Waals surface area contributed by atoms with Crippen molar-refractivity contribution in [3.05, 3.63) is 34.9 Å². The molecule has 1 aromatic rings. The Hall–Kier alpha value is -1.51. The molecule has 1 unspecified atom stereocenters. The third kappa shape index (κ3) is 3.14. The maximum Gasteiger partial charge on any atom is 0.317 e. The molecule has 1 N–H and O–H groups in total. The van der Waals surface area contributed by atoms with Gasteiger partial charge in [-0.05, 0) is 36.8 Å². The second-order valence-corrected chi connectivity index (χ2v) is 6.15. The summed E-state index contributed by atoms with van der Waals surface area (Å²) >= 11 is 0. The molecule has 20 heavy (non-hydrogen) atoms. The van der Waals surface area contributed by atoms with Crippen molar-refractivity contribution >= 4 is 6.03 Å². The Bertz CT molecular complexity index is 482. The van der Waals surface area contributed by atoms with Gasteiger partial charge in [0.05, 0.1) is 6.04 Å². The van der Waals surface area contributed by atoms with Gasteiger partial charge in [-0.15, -0.1) is 0 Å². The highest BCUT2D eigenvalue weighted by atomic mass is 16.2. The molecule has 0 aliphatic carbocycles. The van der Waals surface area contributed by atoms with Gasteiger partial charge in [0.25, 0.3) is 0 Å². The Balaban J connectivity index is 2.17. The Labute approximate surface area is 122 Å². The number of rotatable bonds is 3. The van der Waals surface area contributed by atoms with Crippen LogP contribution in [-0.2, 0) is 6.42 Å². The van der Waals surface area contributed by atoms with Gasteiger partial charge in [0.1, 0.15) is 0 Å². The van der Waals surface area contributed by atoms with E-state index in [1.807, 2.05) is 4.90 Å². The van der Waals surface area contributed by atoms with Crippen molar-refractivity contribution < 1.29 is 4.79 Å². The van der Waals surface area contributed by atoms with Gasteiger partial charge in [0.15, 0.2) is 0 Å². The Morgan fingerprint density at radius 3 is 2.85 bits per heavy atom. The lowest BCUT2D eigenvalue weighted by Gasteiger charge is -2.37. The minimum atomic E-state index is 0.0803. The molecule has 0 aromatic heterocycles. The van der Waals surface area contributed by atoms with E-state index in [1.54, 1.807) is 0 Å². The summed E-state index contributed by atoms with van der Waals surface area (Å²) in [7, 11) is 0. The molecule has 0 spiro atoms. The molecule has 0 fully saturated rings. The number of nitrogens with zero attached hydrogens (tertiary/aromatic N) is 1. The fourth-order valence-electron chi connectivity index (χ4n) is 2.92. The van der Waals surface area contributed by atoms with Gasteiger partial charge in [0.2, 0.25) is 0 Å². The largest absolute Gasteiger partial charge is 0.338 e. The molecule has 1 aromatic carbocycles. The predicted octanol–water partition coefficient (Wildman–Crippen LogP) is 3.67. The van der Waals surface area contributed by atoms with Crippen LogP contribution in [0.4, 0.5) is 4.79 Å². The Kier molecular flexibility index (Phi) is 4.69. The molecule has 0 radical (unpaired) electrons. The molecule has 0 saturated carbocycles. The first-order valence-electron chi connectivity index (χ1n) is 7.66. The van der Waals surface area contributed by atoms with Crippen molar-refractivity contribution in [1.82, 2.24) is 10.2 Å². The number of benzene rings is 1. The van der Waals surface area contributed by atoms with Crippen LogP contribution in [0.15, 0.2) is 18.2 Å². The van der Waals surface area contributed by atoms with Crippen molar-refractivity contribution in [3.63, 3.8) is 0 Å². The Morgan fingerprint density at radius 1 is 1.45 bits per heavy atom. The number of fused-ring (bicyclic) bond motifs is 1. The fraction of sp³-hybridized carbons (Fsp3) is 0.588. The lowest BCUT2D eigenvalue weighted by Crippen LogP contribution is -2.46. The van der Waals surface area contributed by atoms with E-state index in [0.29, 0.717) is 5.92 Å². The van der Waals surface area contributed by atoms with Crippen LogP contribution in [0.25, 0.3) is 0 Å². The molecular weight excluding hydrogens is 248 g/mol. The molecule has 1 atom stereocenters. The molecule has 1 aliphatic rings. The van der Waals surface area contributed by atoms with Crippen LogP contribution in [0, 0.1) is 12.8 Å². The van der Waals surface area contributed by atoms with Gasteiger partial charge in [-0.25, -0.2) is 4.79 Å². The molecule has 1 aliphatic heterocycles. The van der Waals surface area contributed by atoms with Crippen molar-refractivity contribution in [2.75, 3.05) is 13.1 Å². The van der Waals surface area contributed by atoms with Gasteiger partial charge in [0, 0.05) is 13.1 Å². The summed E-state index contributed by atoms with van der Waals surface area (Å²) < 4.78 is 0. The van der Waals surface area contributed by atoms with Crippen molar-refractivity contribution in [3.8, 4) is 0 Å². The summed E-state index contributed by atoms with van der Waals surface area (Å²) in [5.41, 5.74) is 4.03. The molecule has 2 rings (SSSR count). The van der Waals surface area contributed by atoms with Crippen LogP contribution in [0.3, 0.4) is 0 Å². The maximum absolute atomic E-state index is 12.4. The zero-order valence-corrected chi connectivity index (χ0v) is 13.1. The van der Waals surface area contributed by atoms with E-state index in [0.717, 1.165) is 25.9 Å². The van der Waals surface area contributed by atoms with Crippen LogP contribution < -0.4 is 5.32 Å². The number of carbonyl (C=O) groups is 1. The van der Waals surface area contributed by atoms with E-state index in [-0.39, 0.29) is 12.1 Å². The zero-order chi connectivity index (χ0) is 14.7. The first-order chi connectivity index (χ1) is 9.52. The first kappa shape index (κ1) is 14.9. The SMILES string of the molecule is CCC1c2ccc(C)cc2CCN1C(=O)NCC(C)C. The van der Waals surface area contributed by atoms with Crippen LogP contribution >= 0.6 is 0 Å². The third-order valence-electron chi connectivity index (χ3n) is 3.96. The molecule has 0 bridgehead atoms. The molecule has 1 heterocycles. The second-order valence-electron chi connectivity index (χ2n) is 6.15. The first-order valence-corrected chi connectivity index (χ1v) is 7.66. The van der Waals surface area contributed by atoms with Crippen molar-refractivity contribution in [2.24, 2.45) is 5.92 Å². The van der Waals surface area contributed by atoms with E-state index in [4.69, 9.17) is 0 Å². The molecule has 3 heteroatoms. The topological polar surface area (TPSA) is 32.3 Å². The van der Waals surface area contributed by atoms with E-state index < -0.39 is 0 Å². The van der Waals surface area contributed by atoms with E-state index >= 15 is 0 Å². The predicted molar refractivity (Wildman–Crippen MR) is 82.9 cm³/mol. The lowest BCUT2D eigenvalue weighted by atomic mass is 9.90. The van der Waals surface area contributed by atoms with Crippen molar-refractivity contribution in [1.29, 1.82) is 0 Å². The number of urea groups is 1. The van der Waals surface area contributed by atoms with Gasteiger partial charge in [-0.3, -0.25) is 0 Å². The normalized spacial score (nSPS) is 18.1. The molecule has 0 saturated heterocycles. The Morgan fingerprint density at radius 2 is 2.20 bits per heavy atom. The number of hydrogen-bond donors (Lipinski definition) is 1. The highest BCUT2D eigenvalue weighted by Gasteiger charge is 2.29. The van der Waals surface area contributed by atoms with Gasteiger partial charge in [-0.1, -0.05) is 44.5 Å². The smallest absolute Gasteiger partial charge is 0.317 e. The summed E-state index contributed by atoms with van der Waals surface area (Å²) in [6.45, 7) is 10.1. The standard InChI is InChI=1S/C17H26N2O/c1-5-16-15-7-6-13(4)10-14(15)8-9-19(16)17(20)18-11-12(2)3/h6-7,10,12,16H,5,8-9,11H2,1-4H3,(H,18,20). The molecular formula is C17H26N2O. The van der Waals surface area contributed by atoms with Crippen LogP contribution in [0.1, 0.15) is 49.9 Å². The van der Waals surface area contributed by atoms with E-state index in [9.17, 15) is 4.79 Å². The average molecular weight is 274 g/mol. The number of hydrogen-bond acceptors (Lipinski definition) is 1. The number of carbonyl (C=O) groups excluding carboxylic acids is 1. The van der Waals surface area contributed by atoms with Crippen LogP contribution in [0.2, 0.25) is 0 Å². The second kappa shape index (κ2) is 6.29. The fourth-order valence-corrected chi connectivity index (χ4v) is 2.92. The van der Waals surface area contributed by atoms with Gasteiger partial charge in [-0.2, -0.15) is 0 Å². The monoisotopic (exact) mass is 274 g/mol. The summed E-state index contributed by atoms with van der Waals surface area (Å²) in [6, 6.07) is 6.90. The minimum Gasteiger partial charge on any atom is -0.338 e. The lowest BCUT2D eigenvalue weighted by molar-refractivity contribution is 0.166. The summed E-state index contributed by atoms with van der Waals surface area (Å²) in [5.74, 6) is 0.485. The van der Waals surface area contributed by atoms with Gasteiger partial charge >= 0.3 is 6.03 Å². The summed E-state index contributed by atoms with van der Waals surface area (Å²) in [4.78, 5) is 14.4. The highest BCUT2D eigenvalue weighted by molar-refractivity contribution is 5.75. The molecule has 110 valence electrons.